The van der Waals surface area contributed by atoms with Gasteiger partial charge < -0.3 is 14.8 Å². The van der Waals surface area contributed by atoms with Gasteiger partial charge in [-0.15, -0.1) is 0 Å². The minimum absolute atomic E-state index is 0.0734. The number of amides is 1. The third-order valence-electron chi connectivity index (χ3n) is 6.08. The van der Waals surface area contributed by atoms with Gasteiger partial charge in [-0.25, -0.2) is 13.4 Å². The molecule has 4 rings (SSSR count). The molecule has 1 amide bonds. The number of nitrogens with zero attached hydrogens (tertiary/aromatic N) is 2. The lowest BCUT2D eigenvalue weighted by atomic mass is 10.1. The zero-order chi connectivity index (χ0) is 23.1. The van der Waals surface area contributed by atoms with Crippen molar-refractivity contribution in [2.24, 2.45) is 0 Å². The molecular formula is C24H31N3O5S. The highest BCUT2D eigenvalue weighted by atomic mass is 32.2. The first-order valence-corrected chi connectivity index (χ1v) is 13.0. The van der Waals surface area contributed by atoms with E-state index < -0.39 is 10.0 Å². The molecule has 1 aliphatic heterocycles. The number of morpholine rings is 1. The van der Waals surface area contributed by atoms with Gasteiger partial charge in [0.25, 0.3) is 0 Å². The molecule has 8 nitrogen and oxygen atoms in total. The average molecular weight is 474 g/mol. The van der Waals surface area contributed by atoms with Crippen molar-refractivity contribution in [3.05, 3.63) is 53.7 Å². The largest absolute Gasteiger partial charge is 0.474 e. The molecule has 1 N–H and O–H groups in total. The van der Waals surface area contributed by atoms with E-state index in [1.54, 1.807) is 30.5 Å². The van der Waals surface area contributed by atoms with E-state index in [-0.39, 0.29) is 16.9 Å². The molecule has 2 fully saturated rings. The summed E-state index contributed by atoms with van der Waals surface area (Å²) in [5, 5.41) is 2.94. The Morgan fingerprint density at radius 3 is 2.58 bits per heavy atom. The van der Waals surface area contributed by atoms with Gasteiger partial charge in [-0.1, -0.05) is 18.2 Å². The molecule has 1 aromatic carbocycles. The van der Waals surface area contributed by atoms with E-state index in [1.165, 1.54) is 17.1 Å². The first kappa shape index (κ1) is 23.7. The van der Waals surface area contributed by atoms with E-state index >= 15 is 0 Å². The summed E-state index contributed by atoms with van der Waals surface area (Å²) in [4.78, 5) is 17.0. The van der Waals surface area contributed by atoms with E-state index in [0.717, 1.165) is 24.0 Å². The van der Waals surface area contributed by atoms with Gasteiger partial charge in [-0.05, 0) is 55.9 Å². The molecule has 1 saturated heterocycles. The van der Waals surface area contributed by atoms with Crippen LogP contribution in [0.1, 0.15) is 43.2 Å². The molecule has 0 unspecified atom stereocenters. The third kappa shape index (κ3) is 6.31. The molecule has 2 aliphatic rings. The molecule has 1 aliphatic carbocycles. The zero-order valence-electron chi connectivity index (χ0n) is 18.7. The van der Waals surface area contributed by atoms with E-state index in [0.29, 0.717) is 51.6 Å². The van der Waals surface area contributed by atoms with Crippen molar-refractivity contribution in [2.75, 3.05) is 26.3 Å². The minimum Gasteiger partial charge on any atom is -0.474 e. The number of nitrogens with one attached hydrogen (secondary N) is 1. The maximum atomic E-state index is 12.7. The van der Waals surface area contributed by atoms with E-state index in [4.69, 9.17) is 9.47 Å². The molecule has 2 aromatic rings. The number of aryl methyl sites for hydroxylation is 1. The first-order chi connectivity index (χ1) is 16.0. The molecule has 0 radical (unpaired) electrons. The number of aromatic nitrogens is 1. The van der Waals surface area contributed by atoms with Crippen molar-refractivity contribution < 1.29 is 22.7 Å². The van der Waals surface area contributed by atoms with E-state index in [9.17, 15) is 13.2 Å². The fraction of sp³-hybridized carbons (Fsp3) is 0.500. The van der Waals surface area contributed by atoms with Crippen LogP contribution in [0, 0.1) is 0 Å². The van der Waals surface area contributed by atoms with Crippen molar-refractivity contribution in [1.82, 2.24) is 14.6 Å². The highest BCUT2D eigenvalue weighted by Gasteiger charge is 2.26. The molecule has 1 saturated carbocycles. The Morgan fingerprint density at radius 2 is 1.85 bits per heavy atom. The predicted octanol–water partition coefficient (Wildman–Crippen LogP) is 2.67. The number of rotatable bonds is 9. The van der Waals surface area contributed by atoms with Crippen LogP contribution in [0.5, 0.6) is 5.88 Å². The maximum absolute atomic E-state index is 12.7. The molecule has 1 aromatic heterocycles. The van der Waals surface area contributed by atoms with Crippen LogP contribution in [-0.2, 0) is 32.5 Å². The summed E-state index contributed by atoms with van der Waals surface area (Å²) in [6, 6.07) is 10.5. The van der Waals surface area contributed by atoms with Crippen LogP contribution in [0.4, 0.5) is 0 Å². The van der Waals surface area contributed by atoms with Crippen LogP contribution in [0.2, 0.25) is 0 Å². The maximum Gasteiger partial charge on any atom is 0.243 e. The van der Waals surface area contributed by atoms with Gasteiger partial charge in [0.1, 0.15) is 6.10 Å². The number of ether oxygens (including phenoxy) is 2. The number of carbonyl (C=O) groups excluding carboxylic acids is 1. The Balaban J connectivity index is 1.26. The number of sulfonamides is 1. The second-order valence-corrected chi connectivity index (χ2v) is 10.4. The molecule has 2 heterocycles. The van der Waals surface area contributed by atoms with Gasteiger partial charge in [0.05, 0.1) is 18.1 Å². The Labute approximate surface area is 195 Å². The van der Waals surface area contributed by atoms with E-state index in [2.05, 4.69) is 10.3 Å². The highest BCUT2D eigenvalue weighted by molar-refractivity contribution is 7.89. The van der Waals surface area contributed by atoms with Crippen LogP contribution in [0.25, 0.3) is 0 Å². The fourth-order valence-corrected chi connectivity index (χ4v) is 5.54. The summed E-state index contributed by atoms with van der Waals surface area (Å²) in [6.45, 7) is 1.94. The molecule has 33 heavy (non-hydrogen) atoms. The summed E-state index contributed by atoms with van der Waals surface area (Å²) in [5.41, 5.74) is 1.79. The lowest BCUT2D eigenvalue weighted by molar-refractivity contribution is -0.121. The van der Waals surface area contributed by atoms with Gasteiger partial charge in [0, 0.05) is 37.8 Å². The monoisotopic (exact) mass is 473 g/mol. The summed E-state index contributed by atoms with van der Waals surface area (Å²) in [6.07, 6.45) is 7.23. The third-order valence-corrected chi connectivity index (χ3v) is 7.99. The second kappa shape index (κ2) is 11.1. The fourth-order valence-electron chi connectivity index (χ4n) is 4.13. The highest BCUT2D eigenvalue weighted by Crippen LogP contribution is 2.25. The number of hydrogen-bond donors (Lipinski definition) is 1. The van der Waals surface area contributed by atoms with Gasteiger partial charge in [0.2, 0.25) is 21.8 Å². The van der Waals surface area contributed by atoms with Crippen molar-refractivity contribution in [3.8, 4) is 5.88 Å². The molecule has 0 spiro atoms. The van der Waals surface area contributed by atoms with Crippen molar-refractivity contribution >= 4 is 15.9 Å². The second-order valence-electron chi connectivity index (χ2n) is 8.43. The summed E-state index contributed by atoms with van der Waals surface area (Å²) in [5.74, 6) is 0.525. The Hall–Kier alpha value is -2.49. The van der Waals surface area contributed by atoms with Crippen LogP contribution in [0.15, 0.2) is 47.5 Å². The summed E-state index contributed by atoms with van der Waals surface area (Å²) >= 11 is 0. The number of hydrogen-bond acceptors (Lipinski definition) is 6. The Kier molecular flexibility index (Phi) is 7.95. The standard InChI is InChI=1S/C24H31N3O5S/c28-23(26-18-20-4-3-13-25-24(20)32-21-5-1-2-6-21)12-9-19-7-10-22(11-8-19)33(29,30)27-14-16-31-17-15-27/h3-4,7-8,10-11,13,21H,1-2,5-6,9,12,14-18H2,(H,26,28). The normalized spacial score (nSPS) is 17.7. The van der Waals surface area contributed by atoms with Gasteiger partial charge in [0.15, 0.2) is 0 Å². The molecular weight excluding hydrogens is 442 g/mol. The molecule has 178 valence electrons. The SMILES string of the molecule is O=C(CCc1ccc(S(=O)(=O)N2CCOCC2)cc1)NCc1cccnc1OC1CCCC1. The lowest BCUT2D eigenvalue weighted by Crippen LogP contribution is -2.40. The van der Waals surface area contributed by atoms with Crippen molar-refractivity contribution in [2.45, 2.75) is 56.1 Å². The van der Waals surface area contributed by atoms with E-state index in [1.807, 2.05) is 12.1 Å². The lowest BCUT2D eigenvalue weighted by Gasteiger charge is -2.26. The van der Waals surface area contributed by atoms with Crippen LogP contribution in [0.3, 0.4) is 0 Å². The Morgan fingerprint density at radius 1 is 1.12 bits per heavy atom. The predicted molar refractivity (Wildman–Crippen MR) is 123 cm³/mol. The first-order valence-electron chi connectivity index (χ1n) is 11.6. The van der Waals surface area contributed by atoms with Crippen LogP contribution in [-0.4, -0.2) is 56.0 Å². The van der Waals surface area contributed by atoms with Crippen molar-refractivity contribution in [1.29, 1.82) is 0 Å². The number of benzene rings is 1. The summed E-state index contributed by atoms with van der Waals surface area (Å²) in [7, 11) is -3.51. The Bertz CT molecular complexity index is 1030. The average Bonchev–Trinajstić information content (AvgIpc) is 3.36. The topological polar surface area (TPSA) is 97.8 Å². The van der Waals surface area contributed by atoms with Crippen LogP contribution >= 0.6 is 0 Å². The van der Waals surface area contributed by atoms with Crippen LogP contribution < -0.4 is 10.1 Å². The number of carbonyl (C=O) groups is 1. The minimum atomic E-state index is -3.51. The van der Waals surface area contributed by atoms with Gasteiger partial charge >= 0.3 is 0 Å². The zero-order valence-corrected chi connectivity index (χ0v) is 19.6. The molecule has 9 heteroatoms. The van der Waals surface area contributed by atoms with Crippen molar-refractivity contribution in [3.63, 3.8) is 0 Å². The van der Waals surface area contributed by atoms with Gasteiger partial charge in [-0.2, -0.15) is 4.31 Å². The quantitative estimate of drug-likeness (QED) is 0.601. The van der Waals surface area contributed by atoms with Gasteiger partial charge in [-0.3, -0.25) is 4.79 Å². The number of pyridine rings is 1. The molecule has 0 bridgehead atoms. The molecule has 0 atom stereocenters. The smallest absolute Gasteiger partial charge is 0.243 e. The summed E-state index contributed by atoms with van der Waals surface area (Å²) < 4.78 is 38.1.